The zero-order valence-electron chi connectivity index (χ0n) is 13.1. The summed E-state index contributed by atoms with van der Waals surface area (Å²) in [5.41, 5.74) is 0.343. The molecule has 2 heterocycles. The van der Waals surface area contributed by atoms with Gasteiger partial charge in [0.1, 0.15) is 5.82 Å². The van der Waals surface area contributed by atoms with E-state index in [1.165, 1.54) is 16.4 Å². The summed E-state index contributed by atoms with van der Waals surface area (Å²) in [6, 6.07) is 3.20. The third-order valence-electron chi connectivity index (χ3n) is 4.33. The number of imide groups is 1. The number of amides is 2. The number of halogens is 1. The van der Waals surface area contributed by atoms with E-state index in [2.05, 4.69) is 0 Å². The van der Waals surface area contributed by atoms with Gasteiger partial charge < -0.3 is 4.74 Å². The molecule has 0 unspecified atom stereocenters. The Bertz CT molecular complexity index is 771. The Balaban J connectivity index is 1.74. The molecule has 0 N–H and O–H groups in total. The van der Waals surface area contributed by atoms with E-state index in [9.17, 15) is 22.4 Å². The highest BCUT2D eigenvalue weighted by Crippen LogP contribution is 2.26. The van der Waals surface area contributed by atoms with Crippen molar-refractivity contribution >= 4 is 22.0 Å². The van der Waals surface area contributed by atoms with Gasteiger partial charge in [0.2, 0.25) is 10.0 Å². The summed E-state index contributed by atoms with van der Waals surface area (Å²) in [7, 11) is -3.74. The maximum absolute atomic E-state index is 13.2. The average molecular weight is 356 g/mol. The van der Waals surface area contributed by atoms with Crippen LogP contribution in [-0.2, 0) is 19.6 Å². The van der Waals surface area contributed by atoms with Crippen LogP contribution in [0.2, 0.25) is 0 Å². The number of cyclic esters (lactones) is 1. The molecule has 130 valence electrons. The highest BCUT2D eigenvalue weighted by atomic mass is 32.2. The van der Waals surface area contributed by atoms with E-state index >= 15 is 0 Å². The molecule has 2 fully saturated rings. The highest BCUT2D eigenvalue weighted by Gasteiger charge is 2.40. The Hall–Kier alpha value is -2.00. The third kappa shape index (κ3) is 2.89. The number of carbonyl (C=O) groups excluding carboxylic acids is 2. The quantitative estimate of drug-likeness (QED) is 0.814. The maximum atomic E-state index is 13.2. The van der Waals surface area contributed by atoms with Crippen molar-refractivity contribution in [3.63, 3.8) is 0 Å². The zero-order chi connectivity index (χ0) is 17.5. The number of benzene rings is 1. The number of hydrogen-bond donors (Lipinski definition) is 0. The Morgan fingerprint density at radius 3 is 2.42 bits per heavy atom. The molecule has 2 aliphatic rings. The number of sulfonamides is 1. The lowest BCUT2D eigenvalue weighted by atomic mass is 10.1. The van der Waals surface area contributed by atoms with Crippen molar-refractivity contribution in [1.29, 1.82) is 0 Å². The van der Waals surface area contributed by atoms with Crippen LogP contribution >= 0.6 is 0 Å². The van der Waals surface area contributed by atoms with E-state index in [1.54, 1.807) is 6.92 Å². The lowest BCUT2D eigenvalue weighted by Gasteiger charge is -2.34. The molecule has 3 rings (SSSR count). The van der Waals surface area contributed by atoms with Gasteiger partial charge in [-0.2, -0.15) is 4.31 Å². The summed E-state index contributed by atoms with van der Waals surface area (Å²) in [5.74, 6) is -0.882. The first-order valence-corrected chi connectivity index (χ1v) is 9.00. The number of piperidine rings is 1. The van der Waals surface area contributed by atoms with Crippen LogP contribution in [0.5, 0.6) is 0 Å². The maximum Gasteiger partial charge on any atom is 0.417 e. The van der Waals surface area contributed by atoms with Crippen molar-refractivity contribution in [2.24, 2.45) is 0 Å². The van der Waals surface area contributed by atoms with Gasteiger partial charge in [0, 0.05) is 19.1 Å². The number of rotatable bonds is 3. The molecule has 2 aliphatic heterocycles. The van der Waals surface area contributed by atoms with Gasteiger partial charge >= 0.3 is 6.09 Å². The Morgan fingerprint density at radius 1 is 1.21 bits per heavy atom. The Labute approximate surface area is 139 Å². The molecule has 24 heavy (non-hydrogen) atoms. The molecule has 0 bridgehead atoms. The summed E-state index contributed by atoms with van der Waals surface area (Å²) in [6.45, 7) is 1.65. The van der Waals surface area contributed by atoms with E-state index in [-0.39, 0.29) is 30.6 Å². The van der Waals surface area contributed by atoms with E-state index < -0.39 is 27.8 Å². The summed E-state index contributed by atoms with van der Waals surface area (Å²) < 4.78 is 44.6. The summed E-state index contributed by atoms with van der Waals surface area (Å²) in [5, 5.41) is 0. The third-order valence-corrected chi connectivity index (χ3v) is 6.39. The van der Waals surface area contributed by atoms with Gasteiger partial charge in [0.15, 0.2) is 6.61 Å². The standard InChI is InChI=1S/C15H17FN2O5S/c1-10-8-11(16)2-3-13(10)24(21,22)17-6-4-12(5-7-17)18-14(19)9-23-15(18)20/h2-3,8,12H,4-7,9H2,1H3. The highest BCUT2D eigenvalue weighted by molar-refractivity contribution is 7.89. The van der Waals surface area contributed by atoms with Crippen molar-refractivity contribution in [3.05, 3.63) is 29.6 Å². The predicted octanol–water partition coefficient (Wildman–Crippen LogP) is 1.27. The van der Waals surface area contributed by atoms with Crippen LogP contribution in [0.4, 0.5) is 9.18 Å². The van der Waals surface area contributed by atoms with Crippen LogP contribution < -0.4 is 0 Å². The fraction of sp³-hybridized carbons (Fsp3) is 0.467. The summed E-state index contributed by atoms with van der Waals surface area (Å²) in [4.78, 5) is 24.4. The first-order valence-electron chi connectivity index (χ1n) is 7.56. The molecule has 0 spiro atoms. The van der Waals surface area contributed by atoms with Crippen LogP contribution in [0, 0.1) is 12.7 Å². The second-order valence-corrected chi connectivity index (χ2v) is 7.77. The molecule has 0 radical (unpaired) electrons. The van der Waals surface area contributed by atoms with Crippen molar-refractivity contribution in [2.75, 3.05) is 19.7 Å². The fourth-order valence-electron chi connectivity index (χ4n) is 3.10. The van der Waals surface area contributed by atoms with Crippen molar-refractivity contribution in [1.82, 2.24) is 9.21 Å². The molecule has 7 nitrogen and oxygen atoms in total. The van der Waals surface area contributed by atoms with Crippen LogP contribution in [0.3, 0.4) is 0 Å². The van der Waals surface area contributed by atoms with Crippen molar-refractivity contribution in [2.45, 2.75) is 30.7 Å². The second-order valence-electron chi connectivity index (χ2n) is 5.86. The van der Waals surface area contributed by atoms with Gasteiger partial charge in [-0.25, -0.2) is 22.5 Å². The number of ether oxygens (including phenoxy) is 1. The molecule has 9 heteroatoms. The smallest absolute Gasteiger partial charge is 0.417 e. The Kier molecular flexibility index (Phi) is 4.31. The second kappa shape index (κ2) is 6.14. The first-order chi connectivity index (χ1) is 11.3. The van der Waals surface area contributed by atoms with Crippen LogP contribution in [-0.4, -0.2) is 55.4 Å². The molecular formula is C15H17FN2O5S. The average Bonchev–Trinajstić information content (AvgIpc) is 2.86. The minimum atomic E-state index is -3.74. The zero-order valence-corrected chi connectivity index (χ0v) is 13.9. The van der Waals surface area contributed by atoms with Gasteiger partial charge in [0.05, 0.1) is 4.90 Å². The molecule has 0 aliphatic carbocycles. The van der Waals surface area contributed by atoms with Crippen LogP contribution in [0.1, 0.15) is 18.4 Å². The number of hydrogen-bond acceptors (Lipinski definition) is 5. The van der Waals surface area contributed by atoms with Gasteiger partial charge in [-0.05, 0) is 43.5 Å². The van der Waals surface area contributed by atoms with Gasteiger partial charge in [-0.3, -0.25) is 4.79 Å². The first kappa shape index (κ1) is 16.8. The lowest BCUT2D eigenvalue weighted by Crippen LogP contribution is -2.48. The molecular weight excluding hydrogens is 339 g/mol. The molecule has 1 aromatic rings. The number of nitrogens with zero attached hydrogens (tertiary/aromatic N) is 2. The van der Waals surface area contributed by atoms with E-state index in [4.69, 9.17) is 4.74 Å². The largest absolute Gasteiger partial charge is 0.439 e. The molecule has 0 atom stereocenters. The molecule has 0 aromatic heterocycles. The Morgan fingerprint density at radius 2 is 1.88 bits per heavy atom. The lowest BCUT2D eigenvalue weighted by molar-refractivity contribution is -0.127. The predicted molar refractivity (Wildman–Crippen MR) is 81.1 cm³/mol. The molecule has 2 amide bonds. The minimum Gasteiger partial charge on any atom is -0.439 e. The number of aryl methyl sites for hydroxylation is 1. The van der Waals surface area contributed by atoms with Crippen molar-refractivity contribution < 1.29 is 27.1 Å². The van der Waals surface area contributed by atoms with Crippen LogP contribution in [0.25, 0.3) is 0 Å². The topological polar surface area (TPSA) is 84.0 Å². The summed E-state index contributed by atoms with van der Waals surface area (Å²) >= 11 is 0. The van der Waals surface area contributed by atoms with E-state index in [0.29, 0.717) is 18.4 Å². The SMILES string of the molecule is Cc1cc(F)ccc1S(=O)(=O)N1CCC(N2C(=O)COC2=O)CC1. The van der Waals surface area contributed by atoms with Gasteiger partial charge in [-0.1, -0.05) is 0 Å². The molecule has 1 aromatic carbocycles. The van der Waals surface area contributed by atoms with Crippen molar-refractivity contribution in [3.8, 4) is 0 Å². The minimum absolute atomic E-state index is 0.0685. The van der Waals surface area contributed by atoms with Crippen LogP contribution in [0.15, 0.2) is 23.1 Å². The van der Waals surface area contributed by atoms with E-state index in [0.717, 1.165) is 11.0 Å². The normalized spacial score (nSPS) is 20.5. The molecule has 2 saturated heterocycles. The molecule has 0 saturated carbocycles. The van der Waals surface area contributed by atoms with Gasteiger partial charge in [0.25, 0.3) is 5.91 Å². The number of carbonyl (C=O) groups is 2. The fourth-order valence-corrected chi connectivity index (χ4v) is 4.77. The van der Waals surface area contributed by atoms with E-state index in [1.807, 2.05) is 0 Å². The van der Waals surface area contributed by atoms with Gasteiger partial charge in [-0.15, -0.1) is 0 Å². The summed E-state index contributed by atoms with van der Waals surface area (Å²) in [6.07, 6.45) is 0.0244. The monoisotopic (exact) mass is 356 g/mol.